The van der Waals surface area contributed by atoms with Crippen molar-refractivity contribution in [3.8, 4) is 28.8 Å². The van der Waals surface area contributed by atoms with Crippen LogP contribution in [0.5, 0.6) is 5.75 Å². The predicted molar refractivity (Wildman–Crippen MR) is 149 cm³/mol. The first-order valence-electron chi connectivity index (χ1n) is 12.5. The molecule has 1 unspecified atom stereocenters. The van der Waals surface area contributed by atoms with E-state index in [4.69, 9.17) is 9.84 Å². The Balaban J connectivity index is 1.47. The van der Waals surface area contributed by atoms with Crippen LogP contribution in [0.2, 0.25) is 0 Å². The number of aromatic nitrogens is 2. The summed E-state index contributed by atoms with van der Waals surface area (Å²) in [6, 6.07) is 28.3. The van der Waals surface area contributed by atoms with Gasteiger partial charge >= 0.3 is 0 Å². The molecule has 1 fully saturated rings. The summed E-state index contributed by atoms with van der Waals surface area (Å²) in [4.78, 5) is 12.9. The van der Waals surface area contributed by atoms with Crippen LogP contribution in [-0.2, 0) is 21.2 Å². The molecule has 1 aromatic heterocycles. The van der Waals surface area contributed by atoms with Gasteiger partial charge in [-0.15, -0.1) is 0 Å². The lowest BCUT2D eigenvalue weighted by Gasteiger charge is -2.10. The molecule has 1 N–H and O–H groups in total. The summed E-state index contributed by atoms with van der Waals surface area (Å²) in [5.41, 5.74) is 3.59. The molecule has 0 radical (unpaired) electrons. The van der Waals surface area contributed by atoms with E-state index in [-0.39, 0.29) is 17.1 Å². The highest BCUT2D eigenvalue weighted by Gasteiger charge is 2.29. The Morgan fingerprint density at radius 1 is 1.08 bits per heavy atom. The Kier molecular flexibility index (Phi) is 7.57. The van der Waals surface area contributed by atoms with E-state index in [1.54, 1.807) is 10.9 Å². The molecule has 196 valence electrons. The van der Waals surface area contributed by atoms with Crippen LogP contribution >= 0.6 is 0 Å². The van der Waals surface area contributed by atoms with Crippen LogP contribution in [-0.4, -0.2) is 41.7 Å². The number of para-hydroxylation sites is 1. The molecule has 1 aliphatic heterocycles. The lowest BCUT2D eigenvalue weighted by molar-refractivity contribution is -0.117. The Labute approximate surface area is 227 Å². The van der Waals surface area contributed by atoms with Crippen LogP contribution in [0.15, 0.2) is 96.7 Å². The molecule has 0 bridgehead atoms. The fraction of sp³-hybridized carbons (Fsp3) is 0.167. The molecule has 2 heterocycles. The predicted octanol–water partition coefficient (Wildman–Crippen LogP) is 4.33. The van der Waals surface area contributed by atoms with Gasteiger partial charge in [-0.1, -0.05) is 60.7 Å². The Morgan fingerprint density at radius 2 is 1.82 bits per heavy atom. The van der Waals surface area contributed by atoms with Crippen molar-refractivity contribution in [1.82, 2.24) is 15.1 Å². The molecule has 3 aromatic carbocycles. The molecular formula is C30H26N4O4S. The third-order valence-electron chi connectivity index (χ3n) is 6.35. The monoisotopic (exact) mass is 538 g/mol. The number of benzene rings is 3. The minimum absolute atomic E-state index is 0.0280. The molecule has 1 saturated heterocycles. The van der Waals surface area contributed by atoms with Gasteiger partial charge in [0.25, 0.3) is 5.91 Å². The zero-order chi connectivity index (χ0) is 27.2. The zero-order valence-electron chi connectivity index (χ0n) is 21.0. The summed E-state index contributed by atoms with van der Waals surface area (Å²) in [5.74, 6) is -0.0517. The highest BCUT2D eigenvalue weighted by molar-refractivity contribution is 7.91. The number of carbonyl (C=O) groups excluding carboxylic acids is 1. The first-order chi connectivity index (χ1) is 18.9. The van der Waals surface area contributed by atoms with Gasteiger partial charge in [0.05, 0.1) is 17.2 Å². The zero-order valence-corrected chi connectivity index (χ0v) is 21.8. The van der Waals surface area contributed by atoms with Crippen molar-refractivity contribution in [2.24, 2.45) is 0 Å². The van der Waals surface area contributed by atoms with Crippen LogP contribution in [0.1, 0.15) is 17.5 Å². The SMILES string of the molecule is N#CC(=Cc1cn(-c2ccccc2)nc1-c1cccc(OCc2ccccc2)c1)C(=O)NC1CCS(=O)(=O)C1. The summed E-state index contributed by atoms with van der Waals surface area (Å²) in [6.45, 7) is 0.408. The third-order valence-corrected chi connectivity index (χ3v) is 8.12. The second-order valence-electron chi connectivity index (χ2n) is 9.26. The number of sulfone groups is 1. The summed E-state index contributed by atoms with van der Waals surface area (Å²) in [7, 11) is -3.17. The van der Waals surface area contributed by atoms with Gasteiger partial charge in [-0.05, 0) is 42.3 Å². The fourth-order valence-electron chi connectivity index (χ4n) is 4.38. The maximum atomic E-state index is 12.9. The summed E-state index contributed by atoms with van der Waals surface area (Å²) in [6.07, 6.45) is 3.57. The number of rotatable bonds is 8. The molecule has 8 nitrogen and oxygen atoms in total. The van der Waals surface area contributed by atoms with Crippen molar-refractivity contribution in [2.45, 2.75) is 19.1 Å². The van der Waals surface area contributed by atoms with Crippen LogP contribution < -0.4 is 10.1 Å². The Morgan fingerprint density at radius 3 is 2.51 bits per heavy atom. The largest absolute Gasteiger partial charge is 0.489 e. The van der Waals surface area contributed by atoms with Crippen molar-refractivity contribution >= 4 is 21.8 Å². The first-order valence-corrected chi connectivity index (χ1v) is 14.3. The molecule has 39 heavy (non-hydrogen) atoms. The number of hydrogen-bond acceptors (Lipinski definition) is 6. The molecule has 1 amide bonds. The summed E-state index contributed by atoms with van der Waals surface area (Å²) in [5, 5.41) is 17.3. The molecule has 9 heteroatoms. The molecular weight excluding hydrogens is 512 g/mol. The molecule has 0 spiro atoms. The normalized spacial score (nSPS) is 16.4. The third kappa shape index (κ3) is 6.43. The van der Waals surface area contributed by atoms with Crippen LogP contribution in [0.25, 0.3) is 23.0 Å². The number of amides is 1. The lowest BCUT2D eigenvalue weighted by Crippen LogP contribution is -2.36. The van der Waals surface area contributed by atoms with E-state index in [9.17, 15) is 18.5 Å². The summed E-state index contributed by atoms with van der Waals surface area (Å²) >= 11 is 0. The number of ether oxygens (including phenoxy) is 1. The van der Waals surface area contributed by atoms with Crippen molar-refractivity contribution in [1.29, 1.82) is 5.26 Å². The van der Waals surface area contributed by atoms with E-state index >= 15 is 0 Å². The van der Waals surface area contributed by atoms with Gasteiger partial charge in [0.1, 0.15) is 29.7 Å². The number of carbonyl (C=O) groups is 1. The van der Waals surface area contributed by atoms with Crippen LogP contribution in [0.3, 0.4) is 0 Å². The highest BCUT2D eigenvalue weighted by Crippen LogP contribution is 2.29. The molecule has 0 aliphatic carbocycles. The van der Waals surface area contributed by atoms with E-state index in [2.05, 4.69) is 5.32 Å². The molecule has 1 atom stereocenters. The number of nitriles is 1. The van der Waals surface area contributed by atoms with Gasteiger partial charge in [0, 0.05) is 23.4 Å². The van der Waals surface area contributed by atoms with Gasteiger partial charge in [-0.3, -0.25) is 4.79 Å². The van der Waals surface area contributed by atoms with E-state index in [0.29, 0.717) is 30.0 Å². The van der Waals surface area contributed by atoms with Gasteiger partial charge in [0.2, 0.25) is 0 Å². The fourth-order valence-corrected chi connectivity index (χ4v) is 6.05. The number of nitrogens with zero attached hydrogens (tertiary/aromatic N) is 3. The maximum absolute atomic E-state index is 12.9. The molecule has 0 saturated carbocycles. The number of nitrogens with one attached hydrogen (secondary N) is 1. The summed E-state index contributed by atoms with van der Waals surface area (Å²) < 4.78 is 31.3. The quantitative estimate of drug-likeness (QED) is 0.264. The van der Waals surface area contributed by atoms with Crippen LogP contribution in [0.4, 0.5) is 0 Å². The lowest BCUT2D eigenvalue weighted by atomic mass is 10.1. The first kappa shape index (κ1) is 25.9. The second kappa shape index (κ2) is 11.4. The van der Waals surface area contributed by atoms with E-state index in [1.807, 2.05) is 91.0 Å². The van der Waals surface area contributed by atoms with E-state index < -0.39 is 21.8 Å². The van der Waals surface area contributed by atoms with Gasteiger partial charge in [0.15, 0.2) is 9.84 Å². The molecule has 1 aliphatic rings. The van der Waals surface area contributed by atoms with Gasteiger partial charge in [-0.2, -0.15) is 10.4 Å². The second-order valence-corrected chi connectivity index (χ2v) is 11.5. The smallest absolute Gasteiger partial charge is 0.262 e. The van der Waals surface area contributed by atoms with Crippen molar-refractivity contribution in [3.05, 3.63) is 108 Å². The minimum Gasteiger partial charge on any atom is -0.489 e. The number of hydrogen-bond donors (Lipinski definition) is 1. The van der Waals surface area contributed by atoms with Crippen molar-refractivity contribution in [3.63, 3.8) is 0 Å². The molecule has 4 aromatic rings. The van der Waals surface area contributed by atoms with Gasteiger partial charge < -0.3 is 10.1 Å². The Bertz CT molecular complexity index is 1660. The van der Waals surface area contributed by atoms with Gasteiger partial charge in [-0.25, -0.2) is 13.1 Å². The average Bonchev–Trinajstić information content (AvgIpc) is 3.54. The van der Waals surface area contributed by atoms with Crippen molar-refractivity contribution < 1.29 is 17.9 Å². The Hall–Kier alpha value is -4.68. The van der Waals surface area contributed by atoms with E-state index in [1.165, 1.54) is 6.08 Å². The molecule has 5 rings (SSSR count). The van der Waals surface area contributed by atoms with Crippen LogP contribution in [0, 0.1) is 11.3 Å². The highest BCUT2D eigenvalue weighted by atomic mass is 32.2. The average molecular weight is 539 g/mol. The standard InChI is InChI=1S/C30H26N4O4S/c31-18-24(30(35)32-26-14-15-39(36,37)21-26)16-25-19-34(27-11-5-2-6-12-27)33-29(25)23-10-7-13-28(17-23)38-20-22-8-3-1-4-9-22/h1-13,16-17,19,26H,14-15,20-21H2,(H,32,35). The minimum atomic E-state index is -3.17. The topological polar surface area (TPSA) is 114 Å². The maximum Gasteiger partial charge on any atom is 0.262 e. The van der Waals surface area contributed by atoms with E-state index in [0.717, 1.165) is 16.8 Å². The van der Waals surface area contributed by atoms with Crippen molar-refractivity contribution in [2.75, 3.05) is 11.5 Å².